The Balaban J connectivity index is 1.77. The van der Waals surface area contributed by atoms with Crippen molar-refractivity contribution in [2.75, 3.05) is 18.1 Å². The summed E-state index contributed by atoms with van der Waals surface area (Å²) in [5.41, 5.74) is 1.09. The molecule has 2 saturated heterocycles. The SMILES string of the molecule is CCn1cc([C@H]2CSCCN2C(=O)[C@H]2CCCCC(=O)N2)cn1. The zero-order valence-electron chi connectivity index (χ0n) is 13.5. The molecule has 1 N–H and O–H groups in total. The van der Waals surface area contributed by atoms with E-state index in [9.17, 15) is 9.59 Å². The average Bonchev–Trinajstić information content (AvgIpc) is 2.95. The van der Waals surface area contributed by atoms with Gasteiger partial charge in [-0.25, -0.2) is 0 Å². The van der Waals surface area contributed by atoms with Crippen LogP contribution in [0, 0.1) is 0 Å². The Morgan fingerprint density at radius 1 is 1.48 bits per heavy atom. The lowest BCUT2D eigenvalue weighted by Gasteiger charge is -2.37. The van der Waals surface area contributed by atoms with E-state index in [2.05, 4.69) is 17.3 Å². The molecule has 1 aromatic rings. The van der Waals surface area contributed by atoms with Crippen molar-refractivity contribution >= 4 is 23.6 Å². The molecule has 0 aliphatic carbocycles. The molecule has 0 spiro atoms. The molecule has 0 bridgehead atoms. The second-order valence-corrected chi connectivity index (χ2v) is 7.27. The Morgan fingerprint density at radius 2 is 2.35 bits per heavy atom. The van der Waals surface area contributed by atoms with E-state index in [1.807, 2.05) is 33.7 Å². The molecule has 126 valence electrons. The van der Waals surface area contributed by atoms with Gasteiger partial charge in [0.2, 0.25) is 11.8 Å². The van der Waals surface area contributed by atoms with Crippen molar-refractivity contribution in [3.63, 3.8) is 0 Å². The van der Waals surface area contributed by atoms with Crippen molar-refractivity contribution in [1.82, 2.24) is 20.0 Å². The average molecular weight is 336 g/mol. The van der Waals surface area contributed by atoms with E-state index >= 15 is 0 Å². The summed E-state index contributed by atoms with van der Waals surface area (Å²) in [6.07, 6.45) is 6.98. The summed E-state index contributed by atoms with van der Waals surface area (Å²) >= 11 is 1.87. The predicted molar refractivity (Wildman–Crippen MR) is 90.1 cm³/mol. The third kappa shape index (κ3) is 3.71. The largest absolute Gasteiger partial charge is 0.344 e. The minimum atomic E-state index is -0.364. The number of carbonyl (C=O) groups is 2. The number of amides is 2. The maximum Gasteiger partial charge on any atom is 0.245 e. The minimum absolute atomic E-state index is 0.00240. The van der Waals surface area contributed by atoms with Crippen LogP contribution in [0.25, 0.3) is 0 Å². The summed E-state index contributed by atoms with van der Waals surface area (Å²) in [5, 5.41) is 7.25. The van der Waals surface area contributed by atoms with Crippen LogP contribution < -0.4 is 5.32 Å². The number of hydrogen-bond acceptors (Lipinski definition) is 4. The lowest BCUT2D eigenvalue weighted by atomic mass is 10.1. The van der Waals surface area contributed by atoms with E-state index < -0.39 is 0 Å². The third-order valence-electron chi connectivity index (χ3n) is 4.55. The van der Waals surface area contributed by atoms with E-state index in [-0.39, 0.29) is 23.9 Å². The fraction of sp³-hybridized carbons (Fsp3) is 0.688. The second-order valence-electron chi connectivity index (χ2n) is 6.12. The fourth-order valence-corrected chi connectivity index (χ4v) is 4.31. The number of nitrogens with zero attached hydrogens (tertiary/aromatic N) is 3. The molecule has 2 amide bonds. The first-order chi connectivity index (χ1) is 11.2. The topological polar surface area (TPSA) is 67.2 Å². The van der Waals surface area contributed by atoms with Crippen LogP contribution in [-0.4, -0.2) is 50.6 Å². The van der Waals surface area contributed by atoms with E-state index in [1.54, 1.807) is 0 Å². The van der Waals surface area contributed by atoms with Gasteiger partial charge in [0, 0.05) is 42.8 Å². The van der Waals surface area contributed by atoms with Crippen LogP contribution in [0.5, 0.6) is 0 Å². The highest BCUT2D eigenvalue weighted by Crippen LogP contribution is 2.30. The first-order valence-electron chi connectivity index (χ1n) is 8.39. The molecule has 6 nitrogen and oxygen atoms in total. The van der Waals surface area contributed by atoms with Gasteiger partial charge in [0.1, 0.15) is 6.04 Å². The zero-order valence-corrected chi connectivity index (χ0v) is 14.3. The van der Waals surface area contributed by atoms with Crippen LogP contribution in [0.3, 0.4) is 0 Å². The van der Waals surface area contributed by atoms with Crippen LogP contribution in [0.2, 0.25) is 0 Å². The summed E-state index contributed by atoms with van der Waals surface area (Å²) in [5.74, 6) is 1.91. The Bertz CT molecular complexity index is 574. The van der Waals surface area contributed by atoms with Crippen molar-refractivity contribution in [2.24, 2.45) is 0 Å². The number of hydrogen-bond donors (Lipinski definition) is 1. The summed E-state index contributed by atoms with van der Waals surface area (Å²) in [7, 11) is 0. The Labute approximate surface area is 141 Å². The van der Waals surface area contributed by atoms with Crippen LogP contribution >= 0.6 is 11.8 Å². The molecule has 0 saturated carbocycles. The highest BCUT2D eigenvalue weighted by Gasteiger charge is 2.34. The molecule has 23 heavy (non-hydrogen) atoms. The first-order valence-corrected chi connectivity index (χ1v) is 9.54. The summed E-state index contributed by atoms with van der Waals surface area (Å²) in [6.45, 7) is 3.61. The lowest BCUT2D eigenvalue weighted by molar-refractivity contribution is -0.138. The van der Waals surface area contributed by atoms with Gasteiger partial charge in [-0.05, 0) is 19.8 Å². The van der Waals surface area contributed by atoms with E-state index in [4.69, 9.17) is 0 Å². The van der Waals surface area contributed by atoms with Gasteiger partial charge in [-0.2, -0.15) is 16.9 Å². The van der Waals surface area contributed by atoms with E-state index in [0.29, 0.717) is 6.42 Å². The van der Waals surface area contributed by atoms with Crippen molar-refractivity contribution in [3.8, 4) is 0 Å². The van der Waals surface area contributed by atoms with Crippen molar-refractivity contribution < 1.29 is 9.59 Å². The second kappa shape index (κ2) is 7.38. The Hall–Kier alpha value is -1.50. The van der Waals surface area contributed by atoms with Crippen molar-refractivity contribution in [2.45, 2.75) is 51.2 Å². The molecule has 2 fully saturated rings. The molecule has 1 aromatic heterocycles. The van der Waals surface area contributed by atoms with Gasteiger partial charge in [0.15, 0.2) is 0 Å². The van der Waals surface area contributed by atoms with Gasteiger partial charge in [-0.15, -0.1) is 0 Å². The molecular weight excluding hydrogens is 312 g/mol. The summed E-state index contributed by atoms with van der Waals surface area (Å²) < 4.78 is 1.89. The van der Waals surface area contributed by atoms with Crippen LogP contribution in [0.1, 0.15) is 44.2 Å². The molecule has 2 aliphatic rings. The van der Waals surface area contributed by atoms with Gasteiger partial charge in [0.25, 0.3) is 0 Å². The Kier molecular flexibility index (Phi) is 5.25. The number of thioether (sulfide) groups is 1. The molecule has 0 aromatic carbocycles. The van der Waals surface area contributed by atoms with Gasteiger partial charge >= 0.3 is 0 Å². The standard InChI is InChI=1S/C16H24N4O2S/c1-2-19-10-12(9-17-19)14-11-23-8-7-20(14)16(22)13-5-3-4-6-15(21)18-13/h9-10,13-14H,2-8,11H2,1H3,(H,18,21)/t13-,14-/m1/s1. The number of aromatic nitrogens is 2. The monoisotopic (exact) mass is 336 g/mol. The van der Waals surface area contributed by atoms with Crippen LogP contribution in [-0.2, 0) is 16.1 Å². The number of carbonyl (C=O) groups excluding carboxylic acids is 2. The molecule has 3 heterocycles. The first kappa shape index (κ1) is 16.4. The van der Waals surface area contributed by atoms with E-state index in [1.165, 1.54) is 0 Å². The van der Waals surface area contributed by atoms with Gasteiger partial charge in [-0.1, -0.05) is 6.42 Å². The quantitative estimate of drug-likeness (QED) is 0.910. The molecule has 2 atom stereocenters. The van der Waals surface area contributed by atoms with Crippen molar-refractivity contribution in [3.05, 3.63) is 18.0 Å². The molecule has 3 rings (SSSR count). The summed E-state index contributed by atoms with van der Waals surface area (Å²) in [4.78, 5) is 26.7. The molecule has 2 aliphatic heterocycles. The van der Waals surface area contributed by atoms with Crippen LogP contribution in [0.4, 0.5) is 0 Å². The number of rotatable bonds is 3. The zero-order chi connectivity index (χ0) is 16.2. The van der Waals surface area contributed by atoms with Crippen LogP contribution in [0.15, 0.2) is 12.4 Å². The predicted octanol–water partition coefficient (Wildman–Crippen LogP) is 1.58. The smallest absolute Gasteiger partial charge is 0.245 e. The molecular formula is C16H24N4O2S. The van der Waals surface area contributed by atoms with Crippen molar-refractivity contribution in [1.29, 1.82) is 0 Å². The highest BCUT2D eigenvalue weighted by atomic mass is 32.2. The van der Waals surface area contributed by atoms with Gasteiger partial charge < -0.3 is 10.2 Å². The lowest BCUT2D eigenvalue weighted by Crippen LogP contribution is -2.51. The third-order valence-corrected chi connectivity index (χ3v) is 5.58. The number of aryl methyl sites for hydroxylation is 1. The van der Waals surface area contributed by atoms with Gasteiger partial charge in [-0.3, -0.25) is 14.3 Å². The maximum atomic E-state index is 13.0. The molecule has 0 radical (unpaired) electrons. The summed E-state index contributed by atoms with van der Waals surface area (Å²) in [6, 6.07) is -0.307. The molecule has 0 unspecified atom stereocenters. The number of nitrogens with one attached hydrogen (secondary N) is 1. The Morgan fingerprint density at radius 3 is 3.13 bits per heavy atom. The molecule has 7 heteroatoms. The van der Waals surface area contributed by atoms with Gasteiger partial charge in [0.05, 0.1) is 12.2 Å². The minimum Gasteiger partial charge on any atom is -0.344 e. The normalized spacial score (nSPS) is 25.8. The highest BCUT2D eigenvalue weighted by molar-refractivity contribution is 7.99. The fourth-order valence-electron chi connectivity index (χ4n) is 3.23. The maximum absolute atomic E-state index is 13.0. The van der Waals surface area contributed by atoms with E-state index in [0.717, 1.165) is 49.4 Å².